The van der Waals surface area contributed by atoms with Crippen LogP contribution in [0.15, 0.2) is 41.3 Å². The van der Waals surface area contributed by atoms with Crippen LogP contribution in [-0.2, 0) is 13.2 Å². The molecule has 2 aromatic rings. The van der Waals surface area contributed by atoms with Crippen molar-refractivity contribution in [1.29, 1.82) is 0 Å². The van der Waals surface area contributed by atoms with Crippen LogP contribution in [0.5, 0.6) is 11.5 Å². The van der Waals surface area contributed by atoms with Gasteiger partial charge in [0.15, 0.2) is 12.0 Å². The van der Waals surface area contributed by atoms with Gasteiger partial charge in [0.25, 0.3) is 0 Å². The summed E-state index contributed by atoms with van der Waals surface area (Å²) in [5, 5.41) is 0. The smallest absolute Gasteiger partial charge is 0.224 e. The van der Waals surface area contributed by atoms with Crippen molar-refractivity contribution in [3.8, 4) is 11.5 Å². The molecule has 0 aliphatic heterocycles. The standard InChI is InChI=1S/C30H45NO4/c1-3-4-5-6-7-8-9-10-11-12-13-14-15-16-22-31-23-21-29(33)30(28(31)24-32)35-25-26-17-19-27(34-2)20-18-26/h17-21,23-24H,3-16,22,25H2,1-2H3. The predicted molar refractivity (Wildman–Crippen MR) is 144 cm³/mol. The minimum Gasteiger partial charge on any atom is -0.497 e. The van der Waals surface area contributed by atoms with E-state index in [1.807, 2.05) is 28.8 Å². The number of aryl methyl sites for hydroxylation is 1. The van der Waals surface area contributed by atoms with Crippen molar-refractivity contribution in [3.05, 3.63) is 58.0 Å². The number of methoxy groups -OCH3 is 1. The first-order valence-electron chi connectivity index (χ1n) is 13.6. The van der Waals surface area contributed by atoms with E-state index in [1.54, 1.807) is 13.3 Å². The molecule has 194 valence electrons. The van der Waals surface area contributed by atoms with Gasteiger partial charge in [-0.3, -0.25) is 9.59 Å². The Hall–Kier alpha value is -2.56. The molecule has 1 aromatic heterocycles. The number of hydrogen-bond donors (Lipinski definition) is 0. The van der Waals surface area contributed by atoms with E-state index in [4.69, 9.17) is 9.47 Å². The summed E-state index contributed by atoms with van der Waals surface area (Å²) in [7, 11) is 1.62. The highest BCUT2D eigenvalue weighted by atomic mass is 16.5. The lowest BCUT2D eigenvalue weighted by Crippen LogP contribution is -2.17. The van der Waals surface area contributed by atoms with Gasteiger partial charge in [0.2, 0.25) is 5.43 Å². The van der Waals surface area contributed by atoms with Gasteiger partial charge in [-0.2, -0.15) is 0 Å². The number of rotatable bonds is 20. The van der Waals surface area contributed by atoms with E-state index in [-0.39, 0.29) is 17.8 Å². The van der Waals surface area contributed by atoms with Gasteiger partial charge in [-0.25, -0.2) is 0 Å². The zero-order chi connectivity index (χ0) is 25.1. The van der Waals surface area contributed by atoms with Crippen molar-refractivity contribution >= 4 is 6.29 Å². The highest BCUT2D eigenvalue weighted by Gasteiger charge is 2.12. The molecule has 0 fully saturated rings. The minimum absolute atomic E-state index is 0.128. The molecule has 35 heavy (non-hydrogen) atoms. The highest BCUT2D eigenvalue weighted by Crippen LogP contribution is 2.17. The first-order chi connectivity index (χ1) is 17.2. The molecule has 0 radical (unpaired) electrons. The van der Waals surface area contributed by atoms with Crippen LogP contribution >= 0.6 is 0 Å². The molecule has 0 unspecified atom stereocenters. The number of hydrogen-bond acceptors (Lipinski definition) is 4. The zero-order valence-electron chi connectivity index (χ0n) is 21.9. The molecular formula is C30H45NO4. The van der Waals surface area contributed by atoms with Crippen LogP contribution in [0.25, 0.3) is 0 Å². The molecule has 0 saturated carbocycles. The Labute approximate surface area is 211 Å². The summed E-state index contributed by atoms with van der Waals surface area (Å²) >= 11 is 0. The topological polar surface area (TPSA) is 57.5 Å². The van der Waals surface area contributed by atoms with Crippen molar-refractivity contribution in [2.75, 3.05) is 7.11 Å². The van der Waals surface area contributed by atoms with Crippen molar-refractivity contribution in [2.45, 2.75) is 110 Å². The van der Waals surface area contributed by atoms with E-state index < -0.39 is 0 Å². The van der Waals surface area contributed by atoms with Gasteiger partial charge in [0, 0.05) is 18.8 Å². The molecule has 0 aliphatic carbocycles. The molecule has 5 nitrogen and oxygen atoms in total. The number of aromatic nitrogens is 1. The number of pyridine rings is 1. The molecule has 5 heteroatoms. The molecular weight excluding hydrogens is 438 g/mol. The van der Waals surface area contributed by atoms with Crippen molar-refractivity contribution < 1.29 is 14.3 Å². The third kappa shape index (κ3) is 11.1. The first kappa shape index (κ1) is 28.7. The minimum atomic E-state index is -0.266. The van der Waals surface area contributed by atoms with Crippen LogP contribution in [0.1, 0.15) is 113 Å². The predicted octanol–water partition coefficient (Wildman–Crippen LogP) is 7.73. The molecule has 0 N–H and O–H groups in total. The Balaban J connectivity index is 1.65. The van der Waals surface area contributed by atoms with E-state index in [0.29, 0.717) is 12.2 Å². The van der Waals surface area contributed by atoms with Crippen LogP contribution in [0.3, 0.4) is 0 Å². The second-order valence-electron chi connectivity index (χ2n) is 9.44. The molecule has 0 bridgehead atoms. The summed E-state index contributed by atoms with van der Waals surface area (Å²) in [6, 6.07) is 8.95. The number of carbonyl (C=O) groups is 1. The van der Waals surface area contributed by atoms with Gasteiger partial charge >= 0.3 is 0 Å². The van der Waals surface area contributed by atoms with Crippen LogP contribution in [-0.4, -0.2) is 18.0 Å². The zero-order valence-corrected chi connectivity index (χ0v) is 21.9. The quantitative estimate of drug-likeness (QED) is 0.143. The van der Waals surface area contributed by atoms with E-state index in [0.717, 1.165) is 30.4 Å². The summed E-state index contributed by atoms with van der Waals surface area (Å²) < 4.78 is 12.8. The summed E-state index contributed by atoms with van der Waals surface area (Å²) in [6.07, 6.45) is 20.8. The van der Waals surface area contributed by atoms with Crippen molar-refractivity contribution in [2.24, 2.45) is 0 Å². The Bertz CT molecular complexity index is 888. The van der Waals surface area contributed by atoms with Crippen molar-refractivity contribution in [1.82, 2.24) is 4.57 Å². The SMILES string of the molecule is CCCCCCCCCCCCCCCCn1ccc(=O)c(OCc2ccc(OC)cc2)c1C=O. The van der Waals surface area contributed by atoms with Gasteiger partial charge in [0.1, 0.15) is 18.1 Å². The van der Waals surface area contributed by atoms with E-state index in [1.165, 1.54) is 83.1 Å². The maximum atomic E-state index is 12.4. The number of carbonyl (C=O) groups excluding carboxylic acids is 1. The molecule has 1 aromatic carbocycles. The fraction of sp³-hybridized carbons (Fsp3) is 0.600. The van der Waals surface area contributed by atoms with Crippen molar-refractivity contribution in [3.63, 3.8) is 0 Å². The molecule has 0 saturated heterocycles. The maximum Gasteiger partial charge on any atom is 0.224 e. The van der Waals surface area contributed by atoms with Gasteiger partial charge in [-0.1, -0.05) is 103 Å². The van der Waals surface area contributed by atoms with E-state index >= 15 is 0 Å². The van der Waals surface area contributed by atoms with E-state index in [2.05, 4.69) is 6.92 Å². The Morgan fingerprint density at radius 1 is 0.771 bits per heavy atom. The molecule has 0 aliphatic rings. The second-order valence-corrected chi connectivity index (χ2v) is 9.44. The van der Waals surface area contributed by atoms with Gasteiger partial charge in [0.05, 0.1) is 7.11 Å². The molecule has 1 heterocycles. The average molecular weight is 484 g/mol. The molecule has 2 rings (SSSR count). The summed E-state index contributed by atoms with van der Waals surface area (Å²) in [5.41, 5.74) is 0.961. The molecule has 0 atom stereocenters. The lowest BCUT2D eigenvalue weighted by atomic mass is 10.0. The lowest BCUT2D eigenvalue weighted by Gasteiger charge is -2.14. The van der Waals surface area contributed by atoms with Gasteiger partial charge in [-0.05, 0) is 24.1 Å². The van der Waals surface area contributed by atoms with Crippen LogP contribution in [0.2, 0.25) is 0 Å². The van der Waals surface area contributed by atoms with Crippen LogP contribution < -0.4 is 14.9 Å². The normalized spacial score (nSPS) is 10.9. The largest absolute Gasteiger partial charge is 0.497 e. The fourth-order valence-corrected chi connectivity index (χ4v) is 4.39. The summed E-state index contributed by atoms with van der Waals surface area (Å²) in [6.45, 7) is 3.21. The van der Waals surface area contributed by atoms with Gasteiger partial charge in [-0.15, -0.1) is 0 Å². The number of benzene rings is 1. The number of aldehydes is 1. The second kappa shape index (κ2) is 17.8. The molecule has 0 amide bonds. The third-order valence-corrected chi connectivity index (χ3v) is 6.58. The highest BCUT2D eigenvalue weighted by molar-refractivity contribution is 5.76. The van der Waals surface area contributed by atoms with Crippen LogP contribution in [0, 0.1) is 0 Å². The average Bonchev–Trinajstić information content (AvgIpc) is 2.88. The van der Waals surface area contributed by atoms with Crippen LogP contribution in [0.4, 0.5) is 0 Å². The fourth-order valence-electron chi connectivity index (χ4n) is 4.39. The molecule has 0 spiro atoms. The monoisotopic (exact) mass is 483 g/mol. The lowest BCUT2D eigenvalue weighted by molar-refractivity contribution is 0.110. The van der Waals surface area contributed by atoms with Gasteiger partial charge < -0.3 is 14.0 Å². The third-order valence-electron chi connectivity index (χ3n) is 6.58. The summed E-state index contributed by atoms with van der Waals surface area (Å²) in [4.78, 5) is 24.1. The van der Waals surface area contributed by atoms with E-state index in [9.17, 15) is 9.59 Å². The number of ether oxygens (including phenoxy) is 2. The first-order valence-corrected chi connectivity index (χ1v) is 13.6. The number of unbranched alkanes of at least 4 members (excludes halogenated alkanes) is 13. The maximum absolute atomic E-state index is 12.4. The number of nitrogens with zero attached hydrogens (tertiary/aromatic N) is 1. The summed E-state index contributed by atoms with van der Waals surface area (Å²) in [5.74, 6) is 0.890. The Morgan fingerprint density at radius 3 is 1.83 bits per heavy atom. The Kier molecular flexibility index (Phi) is 14.6. The Morgan fingerprint density at radius 2 is 1.31 bits per heavy atom.